The number of ether oxygens (including phenoxy) is 1. The number of carboxylic acids is 1. The standard InChI is InChI=1S/C61H83N11O17S/c1-6-8-20-42-54(78)66-44(23-15-16-30-63-53(77)45(72-60(84)88-61(3,4)5)28-29-50(73)65-47(57(81)67-42)32-37-24-26-39(27-25-37)89-90(85,86)87)56(80)70-48(33-38-35-64-41-22-14-13-19-40(38)41)58(82)68-43(21-9-7-2)55(79)71-49(34-51(74)75)59(83)69-46(52(62)76)31-36-17-11-10-12-18-36/h10-14,17-19,22,24-27,35,42-49,64H,6-9,15-16,20-21,23,28-34H2,1-5H3,(H2,62,76)(H,63,77)(H,65,73)(H,66,78)(H,67,81)(H,68,82)(H,69,83)(H,70,80)(H,71,79)(H,72,84)(H,74,75)(H,85,86,87)/t42-,43-,44-,45+,46+,47+,48-,49-/m0/s1. The Labute approximate surface area is 521 Å². The molecule has 1 aliphatic rings. The molecule has 29 heteroatoms. The Morgan fingerprint density at radius 2 is 1.33 bits per heavy atom. The van der Waals surface area contributed by atoms with Crippen LogP contribution >= 0.6 is 0 Å². The highest BCUT2D eigenvalue weighted by molar-refractivity contribution is 7.81. The van der Waals surface area contributed by atoms with Gasteiger partial charge in [0.2, 0.25) is 53.2 Å². The Morgan fingerprint density at radius 3 is 1.99 bits per heavy atom. The predicted octanol–water partition coefficient (Wildman–Crippen LogP) is 2.08. The van der Waals surface area contributed by atoms with Crippen LogP contribution in [0.5, 0.6) is 5.75 Å². The highest BCUT2D eigenvalue weighted by atomic mass is 32.3. The van der Waals surface area contributed by atoms with Gasteiger partial charge >= 0.3 is 22.5 Å². The van der Waals surface area contributed by atoms with Gasteiger partial charge in [-0.25, -0.2) is 4.79 Å². The van der Waals surface area contributed by atoms with E-state index in [0.717, 1.165) is 0 Å². The number of para-hydroxylation sites is 1. The number of H-pyrrole nitrogens is 1. The molecule has 0 radical (unpaired) electrons. The van der Waals surface area contributed by atoms with E-state index in [1.807, 2.05) is 13.8 Å². The zero-order valence-corrected chi connectivity index (χ0v) is 51.8. The average molecular weight is 1270 g/mol. The van der Waals surface area contributed by atoms with Gasteiger partial charge in [-0.15, -0.1) is 0 Å². The number of hydrogen-bond donors (Lipinski definition) is 13. The summed E-state index contributed by atoms with van der Waals surface area (Å²) in [6, 6.07) is 9.23. The van der Waals surface area contributed by atoms with Crippen LogP contribution in [-0.4, -0.2) is 149 Å². The van der Waals surface area contributed by atoms with Gasteiger partial charge in [0.1, 0.15) is 59.7 Å². The quantitative estimate of drug-likeness (QED) is 0.0400. The van der Waals surface area contributed by atoms with Crippen molar-refractivity contribution in [3.05, 3.63) is 102 Å². The van der Waals surface area contributed by atoms with E-state index in [1.54, 1.807) is 81.6 Å². The summed E-state index contributed by atoms with van der Waals surface area (Å²) in [4.78, 5) is 155. The summed E-state index contributed by atoms with van der Waals surface area (Å²) in [5.41, 5.74) is 6.88. The van der Waals surface area contributed by atoms with E-state index < -0.39 is 142 Å². The van der Waals surface area contributed by atoms with Gasteiger partial charge in [0.25, 0.3) is 0 Å². The summed E-state index contributed by atoms with van der Waals surface area (Å²) in [5, 5.41) is 34.2. The highest BCUT2D eigenvalue weighted by Gasteiger charge is 2.36. The number of carboxylic acid groups (broad SMARTS) is 1. The Morgan fingerprint density at radius 1 is 0.700 bits per heavy atom. The van der Waals surface area contributed by atoms with Crippen LogP contribution in [0.2, 0.25) is 0 Å². The molecule has 1 aromatic heterocycles. The summed E-state index contributed by atoms with van der Waals surface area (Å²) in [6.45, 7) is 8.48. The molecule has 0 saturated carbocycles. The van der Waals surface area contributed by atoms with Crippen molar-refractivity contribution < 1.29 is 79.7 Å². The zero-order chi connectivity index (χ0) is 66.1. The molecule has 490 valence electrons. The van der Waals surface area contributed by atoms with Gasteiger partial charge in [0, 0.05) is 49.3 Å². The third-order valence-corrected chi connectivity index (χ3v) is 14.8. The number of nitrogens with one attached hydrogen (secondary N) is 10. The maximum absolute atomic E-state index is 15.0. The summed E-state index contributed by atoms with van der Waals surface area (Å²) in [5.74, 6) is -9.61. The molecule has 3 aromatic carbocycles. The van der Waals surface area contributed by atoms with Crippen LogP contribution in [0.15, 0.2) is 85.1 Å². The van der Waals surface area contributed by atoms with Gasteiger partial charge in [0.05, 0.1) is 6.42 Å². The van der Waals surface area contributed by atoms with Crippen LogP contribution in [0, 0.1) is 0 Å². The first-order valence-corrected chi connectivity index (χ1v) is 31.2. The lowest BCUT2D eigenvalue weighted by molar-refractivity contribution is -0.141. The minimum Gasteiger partial charge on any atom is -0.481 e. The van der Waals surface area contributed by atoms with Crippen LogP contribution < -0.4 is 57.8 Å². The van der Waals surface area contributed by atoms with Crippen molar-refractivity contribution >= 4 is 86.5 Å². The second-order valence-electron chi connectivity index (χ2n) is 22.9. The smallest absolute Gasteiger partial charge is 0.446 e. The number of carbonyl (C=O) groups is 11. The number of aromatic amines is 1. The van der Waals surface area contributed by atoms with E-state index in [9.17, 15) is 70.8 Å². The fourth-order valence-electron chi connectivity index (χ4n) is 9.76. The Balaban J connectivity index is 1.48. The maximum Gasteiger partial charge on any atom is 0.446 e. The lowest BCUT2D eigenvalue weighted by atomic mass is 10.0. The number of alkyl carbamates (subject to hydrolysis) is 1. The number of benzene rings is 3. The van der Waals surface area contributed by atoms with Gasteiger partial charge in [-0.1, -0.05) is 100 Å². The van der Waals surface area contributed by atoms with Crippen molar-refractivity contribution in [3.63, 3.8) is 0 Å². The van der Waals surface area contributed by atoms with Gasteiger partial charge in [0.15, 0.2) is 0 Å². The molecule has 8 atom stereocenters. The summed E-state index contributed by atoms with van der Waals surface area (Å²) >= 11 is 0. The number of carbonyl (C=O) groups excluding carboxylic acids is 10. The lowest BCUT2D eigenvalue weighted by Gasteiger charge is -2.28. The number of primary amides is 1. The van der Waals surface area contributed by atoms with E-state index in [4.69, 9.17) is 10.5 Å². The lowest BCUT2D eigenvalue weighted by Crippen LogP contribution is -2.60. The highest BCUT2D eigenvalue weighted by Crippen LogP contribution is 2.21. The molecule has 0 unspecified atom stereocenters. The van der Waals surface area contributed by atoms with Crippen molar-refractivity contribution in [1.82, 2.24) is 52.8 Å². The molecular weight excluding hydrogens is 1190 g/mol. The fourth-order valence-corrected chi connectivity index (χ4v) is 10.1. The monoisotopic (exact) mass is 1270 g/mol. The van der Waals surface area contributed by atoms with Crippen molar-refractivity contribution in [2.24, 2.45) is 5.73 Å². The molecule has 1 saturated heterocycles. The molecule has 0 aliphatic carbocycles. The third-order valence-electron chi connectivity index (χ3n) is 14.4. The van der Waals surface area contributed by atoms with Crippen molar-refractivity contribution in [3.8, 4) is 5.75 Å². The predicted molar refractivity (Wildman–Crippen MR) is 328 cm³/mol. The Kier molecular flexibility index (Phi) is 27.5. The Hall–Kier alpha value is -9.12. The first-order chi connectivity index (χ1) is 42.6. The minimum atomic E-state index is -4.90. The van der Waals surface area contributed by atoms with Crippen LogP contribution in [0.1, 0.15) is 128 Å². The summed E-state index contributed by atoms with van der Waals surface area (Å²) < 4.78 is 41.9. The van der Waals surface area contributed by atoms with Crippen molar-refractivity contribution in [2.45, 2.75) is 185 Å². The van der Waals surface area contributed by atoms with Gasteiger partial charge < -0.3 is 72.6 Å². The minimum absolute atomic E-state index is 0.0215. The molecule has 2 heterocycles. The molecule has 1 fully saturated rings. The van der Waals surface area contributed by atoms with Gasteiger partial charge in [-0.2, -0.15) is 8.42 Å². The molecule has 1 aliphatic heterocycles. The normalized spacial score (nSPS) is 18.6. The topological polar surface area (TPSA) is 431 Å². The largest absolute Gasteiger partial charge is 0.481 e. The van der Waals surface area contributed by atoms with Gasteiger partial charge in [-0.3, -0.25) is 52.5 Å². The first-order valence-electron chi connectivity index (χ1n) is 29.9. The molecule has 4 aromatic rings. The number of hydrogen-bond acceptors (Lipinski definition) is 15. The van der Waals surface area contributed by atoms with Crippen LogP contribution in [0.25, 0.3) is 10.9 Å². The number of aliphatic carboxylic acids is 1. The van der Waals surface area contributed by atoms with E-state index >= 15 is 0 Å². The number of amides is 10. The number of aromatic nitrogens is 1. The molecule has 90 heavy (non-hydrogen) atoms. The van der Waals surface area contributed by atoms with Crippen LogP contribution in [0.3, 0.4) is 0 Å². The Bertz CT molecular complexity index is 3270. The van der Waals surface area contributed by atoms with E-state index in [2.05, 4.69) is 57.0 Å². The molecular formula is C61H83N11O17S. The van der Waals surface area contributed by atoms with Gasteiger partial charge in [-0.05, 0) is 94.2 Å². The number of rotatable bonds is 26. The number of fused-ring (bicyclic) bond motifs is 1. The first kappa shape index (κ1) is 71.6. The molecule has 14 N–H and O–H groups in total. The second kappa shape index (κ2) is 34.6. The zero-order valence-electron chi connectivity index (χ0n) is 51.0. The fraction of sp³-hybridized carbons (Fsp3) is 0.492. The van der Waals surface area contributed by atoms with E-state index in [0.29, 0.717) is 53.3 Å². The molecule has 5 rings (SSSR count). The number of unbranched alkanes of at least 4 members (excludes halogenated alkanes) is 2. The van der Waals surface area contributed by atoms with Crippen LogP contribution in [-0.2, 0) is 82.3 Å². The van der Waals surface area contributed by atoms with Crippen molar-refractivity contribution in [2.75, 3.05) is 6.54 Å². The SMILES string of the molecule is CCCC[C@H](NC(=O)[C@H](Cc1c[nH]c2ccccc12)NC(=O)[C@@H]1CCCCNC(=O)[C@H](NC(=O)OC(C)(C)C)CCC(=O)N[C@H](Cc2ccc(OS(=O)(=O)O)cc2)C(=O)N[C@@H](CCCC)C(=O)N1)C(=O)N[C@@H](CC(=O)O)C(=O)N[C@H](Cc1ccccc1)C(N)=O. The molecule has 0 spiro atoms. The summed E-state index contributed by atoms with van der Waals surface area (Å²) in [7, 11) is -4.90. The number of nitrogens with two attached hydrogens (primary N) is 1. The van der Waals surface area contributed by atoms with Crippen LogP contribution in [0.4, 0.5) is 4.79 Å². The van der Waals surface area contributed by atoms with E-state index in [-0.39, 0.29) is 70.1 Å². The second-order valence-corrected chi connectivity index (χ2v) is 23.9. The molecule has 28 nitrogen and oxygen atoms in total. The van der Waals surface area contributed by atoms with E-state index in [1.165, 1.54) is 24.3 Å². The third kappa shape index (κ3) is 24.5. The average Bonchev–Trinajstić information content (AvgIpc) is 1.71. The maximum atomic E-state index is 15.0. The van der Waals surface area contributed by atoms with Crippen molar-refractivity contribution in [1.29, 1.82) is 0 Å². The summed E-state index contributed by atoms with van der Waals surface area (Å²) in [6.07, 6.45) is 0.588. The molecule has 0 bridgehead atoms. The molecule has 10 amide bonds.